The lowest BCUT2D eigenvalue weighted by Gasteiger charge is -2.39. The molecule has 0 radical (unpaired) electrons. The number of halogens is 2. The number of anilines is 1. The zero-order valence-electron chi connectivity index (χ0n) is 23.8. The summed E-state index contributed by atoms with van der Waals surface area (Å²) >= 11 is 0. The Morgan fingerprint density at radius 2 is 1.77 bits per heavy atom. The number of nitrogens with one attached hydrogen (secondary N) is 2. The van der Waals surface area contributed by atoms with Crippen molar-refractivity contribution in [1.82, 2.24) is 24.5 Å². The number of nitrogens with zero attached hydrogens (tertiary/aromatic N) is 4. The van der Waals surface area contributed by atoms with Crippen molar-refractivity contribution < 1.29 is 22.0 Å². The first kappa shape index (κ1) is 29.5. The maximum Gasteiger partial charge on any atom is 0.317 e. The summed E-state index contributed by atoms with van der Waals surface area (Å²) in [4.78, 5) is 22.2. The first-order valence-electron chi connectivity index (χ1n) is 13.8. The van der Waals surface area contributed by atoms with E-state index in [1.807, 2.05) is 19.9 Å². The molecule has 39 heavy (non-hydrogen) atoms. The summed E-state index contributed by atoms with van der Waals surface area (Å²) in [5.41, 5.74) is 1.70. The van der Waals surface area contributed by atoms with Crippen LogP contribution in [-0.2, 0) is 10.2 Å². The van der Waals surface area contributed by atoms with E-state index in [1.165, 1.54) is 15.7 Å². The molecule has 12 heteroatoms. The van der Waals surface area contributed by atoms with Crippen molar-refractivity contribution in [1.29, 1.82) is 0 Å². The van der Waals surface area contributed by atoms with Crippen molar-refractivity contribution in [2.75, 3.05) is 37.5 Å². The third-order valence-corrected chi connectivity index (χ3v) is 9.84. The van der Waals surface area contributed by atoms with Gasteiger partial charge in [-0.3, -0.25) is 4.31 Å². The second kappa shape index (κ2) is 10.8. The van der Waals surface area contributed by atoms with Gasteiger partial charge in [0, 0.05) is 58.0 Å². The van der Waals surface area contributed by atoms with Gasteiger partial charge in [0.2, 0.25) is 5.92 Å². The molecule has 1 aliphatic carbocycles. The van der Waals surface area contributed by atoms with Gasteiger partial charge in [-0.15, -0.1) is 0 Å². The minimum atomic E-state index is -3.82. The van der Waals surface area contributed by atoms with E-state index in [0.717, 1.165) is 11.3 Å². The molecule has 2 aliphatic rings. The summed E-state index contributed by atoms with van der Waals surface area (Å²) in [6, 6.07) is 5.12. The van der Waals surface area contributed by atoms with Gasteiger partial charge in [0.05, 0.1) is 16.7 Å². The lowest BCUT2D eigenvalue weighted by Crippen LogP contribution is -2.56. The van der Waals surface area contributed by atoms with Crippen LogP contribution in [-0.4, -0.2) is 78.8 Å². The minimum Gasteiger partial charge on any atom is -0.342 e. The monoisotopic (exact) mass is 568 g/mol. The summed E-state index contributed by atoms with van der Waals surface area (Å²) < 4.78 is 57.2. The highest BCUT2D eigenvalue weighted by Gasteiger charge is 2.42. The van der Waals surface area contributed by atoms with Gasteiger partial charge < -0.3 is 15.2 Å². The van der Waals surface area contributed by atoms with Crippen LogP contribution in [0.15, 0.2) is 18.2 Å². The highest BCUT2D eigenvalue weighted by Crippen LogP contribution is 2.48. The number of fused-ring (bicyclic) bond motifs is 1. The Hall–Kier alpha value is -2.47. The number of urea groups is 1. The first-order chi connectivity index (χ1) is 18.1. The molecule has 1 saturated carbocycles. The first-order valence-corrected chi connectivity index (χ1v) is 15.1. The summed E-state index contributed by atoms with van der Waals surface area (Å²) in [5, 5.41) is 2.84. The van der Waals surface area contributed by atoms with Gasteiger partial charge >= 0.3 is 16.2 Å². The maximum absolute atomic E-state index is 13.9. The Balaban J connectivity index is 1.51. The molecule has 9 nitrogen and oxygen atoms in total. The van der Waals surface area contributed by atoms with Crippen molar-refractivity contribution in [3.63, 3.8) is 0 Å². The molecular weight excluding hydrogens is 526 g/mol. The number of aromatic nitrogens is 2. The van der Waals surface area contributed by atoms with Crippen molar-refractivity contribution in [2.24, 2.45) is 11.3 Å². The number of amides is 2. The number of carbonyl (C=O) groups is 1. The average Bonchev–Trinajstić information content (AvgIpc) is 3.26. The average molecular weight is 569 g/mol. The van der Waals surface area contributed by atoms with Crippen molar-refractivity contribution in [3.8, 4) is 0 Å². The number of piperazine rings is 1. The fraction of sp³-hybridized carbons (Fsp3) is 0.704. The molecule has 2 heterocycles. The number of hydrogen-bond acceptors (Lipinski definition) is 4. The Morgan fingerprint density at radius 1 is 1.15 bits per heavy atom. The van der Waals surface area contributed by atoms with Crippen LogP contribution >= 0.6 is 0 Å². The van der Waals surface area contributed by atoms with Gasteiger partial charge in [-0.1, -0.05) is 20.8 Å². The van der Waals surface area contributed by atoms with Gasteiger partial charge in [-0.05, 0) is 56.2 Å². The lowest BCUT2D eigenvalue weighted by molar-refractivity contribution is -0.0533. The van der Waals surface area contributed by atoms with Crippen LogP contribution in [0.25, 0.3) is 11.0 Å². The standard InChI is InChI=1S/C27H42F2N6O3S/c1-18(2)30-25(36)34-13-15-35(16-14-34)39(37,38)33(6)20-7-8-21-22(17-20)32-24(31-21)23(26(3,4)5)19-9-11-27(28,29)12-10-19/h7-8,17-19,23H,9-16H2,1-6H3,(H,30,36)(H,31,32). The number of rotatable bonds is 6. The van der Waals surface area contributed by atoms with E-state index in [-0.39, 0.29) is 55.3 Å². The molecule has 218 valence electrons. The smallest absolute Gasteiger partial charge is 0.317 e. The molecular formula is C27H42F2N6O3S. The highest BCUT2D eigenvalue weighted by atomic mass is 32.2. The molecule has 4 rings (SSSR count). The van der Waals surface area contributed by atoms with Gasteiger partial charge in [0.1, 0.15) is 5.82 Å². The van der Waals surface area contributed by atoms with E-state index in [4.69, 9.17) is 4.98 Å². The molecule has 1 aromatic heterocycles. The molecule has 0 spiro atoms. The zero-order chi connectivity index (χ0) is 28.8. The summed E-state index contributed by atoms with van der Waals surface area (Å²) in [6.45, 7) is 11.1. The molecule has 1 aliphatic heterocycles. The fourth-order valence-electron chi connectivity index (χ4n) is 5.86. The molecule has 2 N–H and O–H groups in total. The van der Waals surface area contributed by atoms with Crippen LogP contribution in [0.1, 0.15) is 72.0 Å². The second-order valence-electron chi connectivity index (χ2n) is 12.3. The van der Waals surface area contributed by atoms with Crippen molar-refractivity contribution in [2.45, 2.75) is 78.2 Å². The van der Waals surface area contributed by atoms with Gasteiger partial charge in [0.25, 0.3) is 0 Å². The molecule has 2 amide bonds. The highest BCUT2D eigenvalue weighted by molar-refractivity contribution is 7.90. The fourth-order valence-corrected chi connectivity index (χ4v) is 7.21. The number of aromatic amines is 1. The number of alkyl halides is 2. The minimum absolute atomic E-state index is 0.00830. The van der Waals surface area contributed by atoms with Crippen molar-refractivity contribution >= 4 is 33.0 Å². The van der Waals surface area contributed by atoms with Crippen LogP contribution < -0.4 is 9.62 Å². The van der Waals surface area contributed by atoms with E-state index < -0.39 is 16.1 Å². The predicted octanol–water partition coefficient (Wildman–Crippen LogP) is 4.93. The van der Waals surface area contributed by atoms with Crippen molar-refractivity contribution in [3.05, 3.63) is 24.0 Å². The number of carbonyl (C=O) groups excluding carboxylic acids is 1. The summed E-state index contributed by atoms with van der Waals surface area (Å²) in [6.07, 6.45) is 0.692. The molecule has 1 unspecified atom stereocenters. The predicted molar refractivity (Wildman–Crippen MR) is 149 cm³/mol. The van der Waals surface area contributed by atoms with Crippen LogP contribution in [0.5, 0.6) is 0 Å². The normalized spacial score (nSPS) is 20.4. The Morgan fingerprint density at radius 3 is 2.33 bits per heavy atom. The summed E-state index contributed by atoms with van der Waals surface area (Å²) in [7, 11) is -2.30. The van der Waals surface area contributed by atoms with E-state index in [0.29, 0.717) is 37.1 Å². The van der Waals surface area contributed by atoms with E-state index in [2.05, 4.69) is 31.1 Å². The Kier molecular flexibility index (Phi) is 8.20. The second-order valence-corrected chi connectivity index (χ2v) is 14.3. The van der Waals surface area contributed by atoms with Crippen LogP contribution in [0.3, 0.4) is 0 Å². The molecule has 2 fully saturated rings. The number of imidazole rings is 1. The third-order valence-electron chi connectivity index (χ3n) is 7.92. The molecule has 1 aromatic carbocycles. The number of H-pyrrole nitrogens is 1. The van der Waals surface area contributed by atoms with Gasteiger partial charge in [-0.2, -0.15) is 12.7 Å². The summed E-state index contributed by atoms with van der Waals surface area (Å²) in [5.74, 6) is -1.78. The zero-order valence-corrected chi connectivity index (χ0v) is 24.6. The third kappa shape index (κ3) is 6.48. The molecule has 2 aromatic rings. The largest absolute Gasteiger partial charge is 0.342 e. The van der Waals surface area contributed by atoms with Crippen LogP contribution in [0, 0.1) is 11.3 Å². The van der Waals surface area contributed by atoms with Gasteiger partial charge in [0.15, 0.2) is 0 Å². The van der Waals surface area contributed by atoms with E-state index >= 15 is 0 Å². The van der Waals surface area contributed by atoms with Crippen LogP contribution in [0.2, 0.25) is 0 Å². The SMILES string of the molecule is CC(C)NC(=O)N1CCN(S(=O)(=O)N(C)c2ccc3[nH]c(C(C4CCC(F)(F)CC4)C(C)(C)C)nc3c2)CC1. The molecule has 0 bridgehead atoms. The maximum atomic E-state index is 13.9. The number of hydrogen-bond donors (Lipinski definition) is 2. The molecule has 1 atom stereocenters. The number of benzene rings is 1. The van der Waals surface area contributed by atoms with Crippen LogP contribution in [0.4, 0.5) is 19.3 Å². The van der Waals surface area contributed by atoms with Gasteiger partial charge in [-0.25, -0.2) is 18.6 Å². The lowest BCUT2D eigenvalue weighted by atomic mass is 9.67. The Labute approximate surface area is 230 Å². The Bertz CT molecular complexity index is 1270. The molecule has 1 saturated heterocycles. The van der Waals surface area contributed by atoms with E-state index in [1.54, 1.807) is 17.0 Å². The quantitative estimate of drug-likeness (QED) is 0.516. The topological polar surface area (TPSA) is 102 Å². The van der Waals surface area contributed by atoms with E-state index in [9.17, 15) is 22.0 Å².